The van der Waals surface area contributed by atoms with Crippen LogP contribution in [0.5, 0.6) is 5.75 Å². The van der Waals surface area contributed by atoms with E-state index in [-0.39, 0.29) is 30.7 Å². The molecule has 32 heavy (non-hydrogen) atoms. The first-order chi connectivity index (χ1) is 15.4. The fourth-order valence-corrected chi connectivity index (χ4v) is 5.61. The Hall–Kier alpha value is -2.08. The number of carbonyl (C=O) groups is 2. The van der Waals surface area contributed by atoms with Gasteiger partial charge in [0.15, 0.2) is 6.61 Å². The normalized spacial score (nSPS) is 25.0. The van der Waals surface area contributed by atoms with Gasteiger partial charge >= 0.3 is 11.9 Å². The number of carboxylic acid groups (broad SMARTS) is 1. The molecule has 6 heteroatoms. The molecular weight excluding hydrogens is 408 g/mol. The molecule has 0 radical (unpaired) electrons. The van der Waals surface area contributed by atoms with Crippen LogP contribution in [0.15, 0.2) is 18.2 Å². The second kappa shape index (κ2) is 11.7. The molecular formula is C26H38O6. The largest absolute Gasteiger partial charge is 0.482 e. The van der Waals surface area contributed by atoms with E-state index < -0.39 is 5.97 Å². The van der Waals surface area contributed by atoms with Gasteiger partial charge in [0.2, 0.25) is 0 Å². The van der Waals surface area contributed by atoms with Gasteiger partial charge in [-0.05, 0) is 79.9 Å². The third-order valence-corrected chi connectivity index (χ3v) is 7.24. The van der Waals surface area contributed by atoms with Gasteiger partial charge in [-0.2, -0.15) is 0 Å². The van der Waals surface area contributed by atoms with Crippen molar-refractivity contribution in [2.24, 2.45) is 17.8 Å². The topological polar surface area (TPSA) is 93.1 Å². The van der Waals surface area contributed by atoms with E-state index >= 15 is 0 Å². The summed E-state index contributed by atoms with van der Waals surface area (Å²) in [5, 5.41) is 19.8. The highest BCUT2D eigenvalue weighted by molar-refractivity contribution is 5.69. The van der Waals surface area contributed by atoms with Crippen molar-refractivity contribution >= 4 is 11.9 Å². The van der Waals surface area contributed by atoms with Crippen LogP contribution in [-0.4, -0.2) is 41.0 Å². The minimum absolute atomic E-state index is 0.0628. The highest BCUT2D eigenvalue weighted by Gasteiger charge is 2.45. The Morgan fingerprint density at radius 2 is 1.97 bits per heavy atom. The van der Waals surface area contributed by atoms with Gasteiger partial charge in [-0.3, -0.25) is 4.79 Å². The summed E-state index contributed by atoms with van der Waals surface area (Å²) in [6, 6.07) is 5.86. The van der Waals surface area contributed by atoms with Crippen molar-refractivity contribution in [3.63, 3.8) is 0 Å². The lowest BCUT2D eigenvalue weighted by Gasteiger charge is -2.32. The predicted molar refractivity (Wildman–Crippen MR) is 122 cm³/mol. The quantitative estimate of drug-likeness (QED) is 0.362. The molecule has 0 amide bonds. The number of benzene rings is 1. The Morgan fingerprint density at radius 1 is 1.16 bits per heavy atom. The third-order valence-electron chi connectivity index (χ3n) is 7.24. The summed E-state index contributed by atoms with van der Waals surface area (Å²) in [5.41, 5.74) is 2.29. The lowest BCUT2D eigenvalue weighted by molar-refractivity contribution is -0.149. The zero-order valence-corrected chi connectivity index (χ0v) is 19.4. The molecule has 0 aliphatic heterocycles. The van der Waals surface area contributed by atoms with Gasteiger partial charge in [-0.15, -0.1) is 0 Å². The fraction of sp³-hybridized carbons (Fsp3) is 0.692. The number of rotatable bonds is 12. The van der Waals surface area contributed by atoms with Crippen molar-refractivity contribution in [2.75, 3.05) is 6.61 Å². The first-order valence-electron chi connectivity index (χ1n) is 12.3. The van der Waals surface area contributed by atoms with Crippen LogP contribution in [0.25, 0.3) is 0 Å². The Morgan fingerprint density at radius 3 is 2.69 bits per heavy atom. The lowest BCUT2D eigenvalue weighted by atomic mass is 9.73. The molecule has 1 saturated carbocycles. The van der Waals surface area contributed by atoms with Crippen LogP contribution in [0.2, 0.25) is 0 Å². The molecule has 0 spiro atoms. The Balaban J connectivity index is 1.65. The van der Waals surface area contributed by atoms with Crippen LogP contribution in [-0.2, 0) is 27.2 Å². The SMILES string of the molecule is CCCCC[C@@H](CC[C@@H]1[C@H]2Cc3cccc(OCC(=O)O)c3C[C@H]2C[C@H]1O)OC(=O)CC. The Bertz CT molecular complexity index is 776. The van der Waals surface area contributed by atoms with Gasteiger partial charge in [0.1, 0.15) is 11.9 Å². The number of unbranched alkanes of at least 4 members (excludes halogenated alkanes) is 2. The van der Waals surface area contributed by atoms with Gasteiger partial charge in [0.25, 0.3) is 0 Å². The molecule has 6 nitrogen and oxygen atoms in total. The van der Waals surface area contributed by atoms with Gasteiger partial charge in [-0.25, -0.2) is 4.79 Å². The number of aliphatic carboxylic acids is 1. The van der Waals surface area contributed by atoms with Gasteiger partial charge in [0.05, 0.1) is 6.10 Å². The summed E-state index contributed by atoms with van der Waals surface area (Å²) in [7, 11) is 0. The number of carboxylic acids is 1. The number of ether oxygens (including phenoxy) is 2. The number of hydrogen-bond donors (Lipinski definition) is 2. The zero-order valence-electron chi connectivity index (χ0n) is 19.4. The maximum absolute atomic E-state index is 11.9. The molecule has 1 fully saturated rings. The number of aliphatic hydroxyl groups excluding tert-OH is 1. The zero-order chi connectivity index (χ0) is 23.1. The van der Waals surface area contributed by atoms with Crippen LogP contribution in [0.1, 0.15) is 76.3 Å². The van der Waals surface area contributed by atoms with Crippen molar-refractivity contribution in [3.05, 3.63) is 29.3 Å². The highest BCUT2D eigenvalue weighted by atomic mass is 16.5. The summed E-state index contributed by atoms with van der Waals surface area (Å²) < 4.78 is 11.2. The number of hydrogen-bond acceptors (Lipinski definition) is 5. The molecule has 1 aromatic carbocycles. The van der Waals surface area contributed by atoms with Crippen molar-refractivity contribution in [2.45, 2.75) is 90.3 Å². The van der Waals surface area contributed by atoms with Crippen LogP contribution in [0, 0.1) is 17.8 Å². The fourth-order valence-electron chi connectivity index (χ4n) is 5.61. The smallest absolute Gasteiger partial charge is 0.341 e. The predicted octanol–water partition coefficient (Wildman–Crippen LogP) is 4.54. The van der Waals surface area contributed by atoms with E-state index in [1.165, 1.54) is 5.56 Å². The Labute approximate surface area is 191 Å². The van der Waals surface area contributed by atoms with Crippen molar-refractivity contribution in [3.8, 4) is 5.75 Å². The first kappa shape index (κ1) is 24.6. The van der Waals surface area contributed by atoms with E-state index in [1.54, 1.807) is 0 Å². The molecule has 2 aliphatic rings. The van der Waals surface area contributed by atoms with E-state index in [1.807, 2.05) is 19.1 Å². The van der Waals surface area contributed by atoms with E-state index in [2.05, 4.69) is 13.0 Å². The Kier molecular flexibility index (Phi) is 8.97. The highest BCUT2D eigenvalue weighted by Crippen LogP contribution is 2.48. The molecule has 0 heterocycles. The molecule has 1 aromatic rings. The first-order valence-corrected chi connectivity index (χ1v) is 12.3. The standard InChI is InChI=1S/C26H38O6/c1-3-5-6-9-19(32-26(30)4-2)11-12-20-21-13-17-8-7-10-24(31-16-25(28)29)22(17)14-18(21)15-23(20)27/h7-8,10,18-21,23,27H,3-6,9,11-16H2,1-2H3,(H,28,29)/t18-,19-,20+,21-,23+/m0/s1. The lowest BCUT2D eigenvalue weighted by Crippen LogP contribution is -2.28. The number of esters is 1. The molecule has 0 unspecified atom stereocenters. The van der Waals surface area contributed by atoms with E-state index in [4.69, 9.17) is 14.6 Å². The molecule has 0 bridgehead atoms. The van der Waals surface area contributed by atoms with Gasteiger partial charge < -0.3 is 19.7 Å². The summed E-state index contributed by atoms with van der Waals surface area (Å²) in [6.07, 6.45) is 8.32. The molecule has 178 valence electrons. The monoisotopic (exact) mass is 446 g/mol. The van der Waals surface area contributed by atoms with Crippen LogP contribution in [0.4, 0.5) is 0 Å². The molecule has 2 N–H and O–H groups in total. The number of fused-ring (bicyclic) bond motifs is 2. The molecule has 2 aliphatic carbocycles. The van der Waals surface area contributed by atoms with Crippen LogP contribution < -0.4 is 4.74 Å². The van der Waals surface area contributed by atoms with Crippen molar-refractivity contribution in [1.29, 1.82) is 0 Å². The summed E-state index contributed by atoms with van der Waals surface area (Å²) in [5.74, 6) is 0.496. The van der Waals surface area contributed by atoms with Crippen LogP contribution >= 0.6 is 0 Å². The van der Waals surface area contributed by atoms with Gasteiger partial charge in [-0.1, -0.05) is 38.8 Å². The van der Waals surface area contributed by atoms with E-state index in [0.717, 1.165) is 63.4 Å². The average Bonchev–Trinajstić information content (AvgIpc) is 3.08. The molecule has 5 atom stereocenters. The van der Waals surface area contributed by atoms with Crippen LogP contribution in [0.3, 0.4) is 0 Å². The van der Waals surface area contributed by atoms with Crippen molar-refractivity contribution < 1.29 is 29.3 Å². The molecule has 0 aromatic heterocycles. The second-order valence-corrected chi connectivity index (χ2v) is 9.41. The van der Waals surface area contributed by atoms with E-state index in [0.29, 0.717) is 24.0 Å². The molecule has 3 rings (SSSR count). The van der Waals surface area contributed by atoms with Gasteiger partial charge in [0, 0.05) is 6.42 Å². The van der Waals surface area contributed by atoms with Crippen molar-refractivity contribution in [1.82, 2.24) is 0 Å². The minimum atomic E-state index is -0.982. The maximum atomic E-state index is 11.9. The summed E-state index contributed by atoms with van der Waals surface area (Å²) in [4.78, 5) is 22.8. The average molecular weight is 447 g/mol. The number of aliphatic hydroxyl groups is 1. The van der Waals surface area contributed by atoms with E-state index in [9.17, 15) is 14.7 Å². The minimum Gasteiger partial charge on any atom is -0.482 e. The summed E-state index contributed by atoms with van der Waals surface area (Å²) in [6.45, 7) is 3.65. The maximum Gasteiger partial charge on any atom is 0.341 e. The second-order valence-electron chi connectivity index (χ2n) is 9.41. The third kappa shape index (κ3) is 6.25. The summed E-state index contributed by atoms with van der Waals surface area (Å²) >= 11 is 0. The molecule has 0 saturated heterocycles. The number of carbonyl (C=O) groups excluding carboxylic acids is 1.